The number of halogens is 2. The van der Waals surface area contributed by atoms with Crippen LogP contribution in [-0.2, 0) is 13.1 Å². The van der Waals surface area contributed by atoms with Crippen molar-refractivity contribution in [3.8, 4) is 0 Å². The van der Waals surface area contributed by atoms with Gasteiger partial charge in [-0.2, -0.15) is 0 Å². The van der Waals surface area contributed by atoms with Crippen LogP contribution in [0.1, 0.15) is 21.5 Å². The van der Waals surface area contributed by atoms with Crippen LogP contribution < -0.4 is 10.6 Å². The van der Waals surface area contributed by atoms with Gasteiger partial charge in [-0.15, -0.1) is 0 Å². The highest BCUT2D eigenvalue weighted by Gasteiger charge is 2.21. The van der Waals surface area contributed by atoms with E-state index in [0.717, 1.165) is 11.6 Å². The number of carbonyl (C=O) groups excluding carboxylic acids is 1. The Morgan fingerprint density at radius 1 is 1.15 bits per heavy atom. The van der Waals surface area contributed by atoms with E-state index in [1.165, 1.54) is 12.1 Å². The summed E-state index contributed by atoms with van der Waals surface area (Å²) in [5, 5.41) is 5.79. The van der Waals surface area contributed by atoms with Crippen LogP contribution in [0.4, 0.5) is 14.5 Å². The molecule has 3 nitrogen and oxygen atoms in total. The van der Waals surface area contributed by atoms with E-state index in [1.54, 1.807) is 6.07 Å². The lowest BCUT2D eigenvalue weighted by atomic mass is 10.1. The summed E-state index contributed by atoms with van der Waals surface area (Å²) in [5.41, 5.74) is 2.68. The van der Waals surface area contributed by atoms with Crippen LogP contribution in [0.3, 0.4) is 0 Å². The molecule has 0 fully saturated rings. The first-order valence-electron chi connectivity index (χ1n) is 6.22. The van der Waals surface area contributed by atoms with E-state index in [2.05, 4.69) is 10.6 Å². The molecule has 0 spiro atoms. The zero-order chi connectivity index (χ0) is 14.1. The molecule has 0 aliphatic carbocycles. The van der Waals surface area contributed by atoms with Crippen LogP contribution in [-0.4, -0.2) is 5.91 Å². The maximum atomic E-state index is 13.1. The van der Waals surface area contributed by atoms with Crippen molar-refractivity contribution in [1.29, 1.82) is 0 Å². The summed E-state index contributed by atoms with van der Waals surface area (Å²) in [4.78, 5) is 11.7. The summed E-state index contributed by atoms with van der Waals surface area (Å²) in [6, 6.07) is 8.85. The molecule has 0 bridgehead atoms. The van der Waals surface area contributed by atoms with Gasteiger partial charge < -0.3 is 10.6 Å². The van der Waals surface area contributed by atoms with Crippen molar-refractivity contribution >= 4 is 11.6 Å². The van der Waals surface area contributed by atoms with Gasteiger partial charge in [-0.05, 0) is 29.3 Å². The number of benzene rings is 2. The zero-order valence-electron chi connectivity index (χ0n) is 10.5. The Morgan fingerprint density at radius 3 is 2.65 bits per heavy atom. The molecule has 3 rings (SSSR count). The van der Waals surface area contributed by atoms with Gasteiger partial charge in [0.1, 0.15) is 11.6 Å². The Hall–Kier alpha value is -2.43. The average Bonchev–Trinajstić information content (AvgIpc) is 2.78. The van der Waals surface area contributed by atoms with Crippen molar-refractivity contribution in [3.63, 3.8) is 0 Å². The molecule has 1 aliphatic heterocycles. The van der Waals surface area contributed by atoms with Gasteiger partial charge in [-0.1, -0.05) is 12.1 Å². The first-order valence-corrected chi connectivity index (χ1v) is 6.22. The zero-order valence-corrected chi connectivity index (χ0v) is 10.5. The Bertz CT molecular complexity index is 665. The lowest BCUT2D eigenvalue weighted by molar-refractivity contribution is 0.0966. The van der Waals surface area contributed by atoms with Gasteiger partial charge in [-0.3, -0.25) is 4.79 Å². The van der Waals surface area contributed by atoms with Crippen LogP contribution in [0.5, 0.6) is 0 Å². The second kappa shape index (κ2) is 4.92. The number of carbonyl (C=O) groups is 1. The van der Waals surface area contributed by atoms with E-state index < -0.39 is 11.6 Å². The number of amides is 1. The predicted octanol–water partition coefficient (Wildman–Crippen LogP) is 2.82. The van der Waals surface area contributed by atoms with E-state index in [1.807, 2.05) is 12.1 Å². The second-order valence-corrected chi connectivity index (χ2v) is 4.65. The summed E-state index contributed by atoms with van der Waals surface area (Å²) >= 11 is 0. The third-order valence-electron chi connectivity index (χ3n) is 3.22. The molecule has 0 unspecified atom stereocenters. The first-order chi connectivity index (χ1) is 9.63. The van der Waals surface area contributed by atoms with Crippen LogP contribution in [0.15, 0.2) is 36.4 Å². The van der Waals surface area contributed by atoms with Crippen molar-refractivity contribution in [2.75, 3.05) is 5.32 Å². The molecule has 1 heterocycles. The molecule has 0 radical (unpaired) electrons. The normalized spacial score (nSPS) is 13.0. The van der Waals surface area contributed by atoms with Crippen molar-refractivity contribution in [3.05, 3.63) is 64.7 Å². The molecule has 2 N–H and O–H groups in total. The Kier molecular flexibility index (Phi) is 3.10. The lowest BCUT2D eigenvalue weighted by Crippen LogP contribution is -2.14. The minimum absolute atomic E-state index is 0.131. The molecular formula is C15H12F2N2O. The predicted molar refractivity (Wildman–Crippen MR) is 71.3 cm³/mol. The number of hydrogen-bond acceptors (Lipinski definition) is 2. The van der Waals surface area contributed by atoms with Crippen LogP contribution >= 0.6 is 0 Å². The maximum absolute atomic E-state index is 13.1. The van der Waals surface area contributed by atoms with E-state index in [9.17, 15) is 13.6 Å². The number of hydrogen-bond donors (Lipinski definition) is 2. The minimum Gasteiger partial charge on any atom is -0.380 e. The van der Waals surface area contributed by atoms with Crippen LogP contribution in [0.25, 0.3) is 0 Å². The summed E-state index contributed by atoms with van der Waals surface area (Å²) in [6.07, 6.45) is 0. The molecule has 20 heavy (non-hydrogen) atoms. The molecule has 1 amide bonds. The van der Waals surface area contributed by atoms with Crippen molar-refractivity contribution in [2.45, 2.75) is 13.1 Å². The number of rotatable bonds is 3. The smallest absolute Gasteiger partial charge is 0.253 e. The van der Waals surface area contributed by atoms with E-state index in [4.69, 9.17) is 0 Å². The number of anilines is 1. The second-order valence-electron chi connectivity index (χ2n) is 4.65. The summed E-state index contributed by atoms with van der Waals surface area (Å²) in [7, 11) is 0. The summed E-state index contributed by atoms with van der Waals surface area (Å²) in [5.74, 6) is -1.36. The van der Waals surface area contributed by atoms with Crippen LogP contribution in [0, 0.1) is 11.6 Å². The summed E-state index contributed by atoms with van der Waals surface area (Å²) in [6.45, 7) is 0.761. The highest BCUT2D eigenvalue weighted by Crippen LogP contribution is 2.24. The third-order valence-corrected chi connectivity index (χ3v) is 3.22. The molecule has 0 saturated carbocycles. The van der Waals surface area contributed by atoms with Gasteiger partial charge in [0, 0.05) is 24.8 Å². The maximum Gasteiger partial charge on any atom is 0.253 e. The van der Waals surface area contributed by atoms with Crippen LogP contribution in [0.2, 0.25) is 0 Å². The topological polar surface area (TPSA) is 41.1 Å². The van der Waals surface area contributed by atoms with Gasteiger partial charge in [-0.25, -0.2) is 8.78 Å². The van der Waals surface area contributed by atoms with Crippen molar-refractivity contribution in [1.82, 2.24) is 5.32 Å². The quantitative estimate of drug-likeness (QED) is 0.903. The SMILES string of the molecule is O=C1NCc2cccc(NCc3cc(F)cc(F)c3)c21. The monoisotopic (exact) mass is 274 g/mol. The molecule has 5 heteroatoms. The van der Waals surface area contributed by atoms with Gasteiger partial charge >= 0.3 is 0 Å². The molecule has 0 saturated heterocycles. The molecular weight excluding hydrogens is 262 g/mol. The van der Waals surface area contributed by atoms with Gasteiger partial charge in [0.2, 0.25) is 0 Å². The van der Waals surface area contributed by atoms with E-state index in [0.29, 0.717) is 23.4 Å². The molecule has 1 aliphatic rings. The van der Waals surface area contributed by atoms with Gasteiger partial charge in [0.25, 0.3) is 5.91 Å². The van der Waals surface area contributed by atoms with Gasteiger partial charge in [0.05, 0.1) is 5.56 Å². The molecule has 0 atom stereocenters. The Morgan fingerprint density at radius 2 is 1.90 bits per heavy atom. The van der Waals surface area contributed by atoms with Gasteiger partial charge in [0.15, 0.2) is 0 Å². The fraction of sp³-hybridized carbons (Fsp3) is 0.133. The first kappa shape index (κ1) is 12.6. The lowest BCUT2D eigenvalue weighted by Gasteiger charge is -2.10. The highest BCUT2D eigenvalue weighted by molar-refractivity contribution is 6.03. The average molecular weight is 274 g/mol. The molecule has 2 aromatic carbocycles. The highest BCUT2D eigenvalue weighted by atomic mass is 19.1. The number of fused-ring (bicyclic) bond motifs is 1. The van der Waals surface area contributed by atoms with E-state index >= 15 is 0 Å². The summed E-state index contributed by atoms with van der Waals surface area (Å²) < 4.78 is 26.2. The molecule has 0 aromatic heterocycles. The molecule has 2 aromatic rings. The fourth-order valence-electron chi connectivity index (χ4n) is 2.34. The largest absolute Gasteiger partial charge is 0.380 e. The molecule has 102 valence electrons. The fourth-order valence-corrected chi connectivity index (χ4v) is 2.34. The standard InChI is InChI=1S/C15H12F2N2O/c16-11-4-9(5-12(17)6-11)7-18-13-3-1-2-10-8-19-15(20)14(10)13/h1-6,18H,7-8H2,(H,19,20). The van der Waals surface area contributed by atoms with Crippen molar-refractivity contribution in [2.24, 2.45) is 0 Å². The Balaban J connectivity index is 1.83. The Labute approximate surface area is 114 Å². The number of nitrogens with one attached hydrogen (secondary N) is 2. The van der Waals surface area contributed by atoms with Crippen molar-refractivity contribution < 1.29 is 13.6 Å². The minimum atomic E-state index is -0.613. The third kappa shape index (κ3) is 2.34. The van der Waals surface area contributed by atoms with E-state index in [-0.39, 0.29) is 12.5 Å².